The Bertz CT molecular complexity index is 553. The standard InChI is InChI=1S/C13H15N3O2/c1-8-9(2)15-10(3)16-13(8)18-11-5-6-12(17-4)14-7-11/h5-7H,1-4H3. The maximum Gasteiger partial charge on any atom is 0.225 e. The predicted octanol–water partition coefficient (Wildman–Crippen LogP) is 2.60. The van der Waals surface area contributed by atoms with Crippen LogP contribution in [-0.2, 0) is 0 Å². The summed E-state index contributed by atoms with van der Waals surface area (Å²) in [4.78, 5) is 12.6. The molecule has 2 aromatic heterocycles. The Hall–Kier alpha value is -2.17. The van der Waals surface area contributed by atoms with Gasteiger partial charge in [-0.2, -0.15) is 4.98 Å². The van der Waals surface area contributed by atoms with Crippen molar-refractivity contribution in [3.63, 3.8) is 0 Å². The van der Waals surface area contributed by atoms with Crippen LogP contribution < -0.4 is 9.47 Å². The van der Waals surface area contributed by atoms with Crippen molar-refractivity contribution in [2.75, 3.05) is 7.11 Å². The Morgan fingerprint density at radius 3 is 2.44 bits per heavy atom. The highest BCUT2D eigenvalue weighted by atomic mass is 16.5. The van der Waals surface area contributed by atoms with Crippen LogP contribution in [-0.4, -0.2) is 22.1 Å². The molecule has 0 bridgehead atoms. The molecule has 0 atom stereocenters. The highest BCUT2D eigenvalue weighted by Crippen LogP contribution is 2.24. The molecule has 0 unspecified atom stereocenters. The third-order valence-electron chi connectivity index (χ3n) is 2.59. The predicted molar refractivity (Wildman–Crippen MR) is 67.1 cm³/mol. The molecule has 0 aliphatic heterocycles. The van der Waals surface area contributed by atoms with Gasteiger partial charge >= 0.3 is 0 Å². The zero-order chi connectivity index (χ0) is 13.1. The third kappa shape index (κ3) is 2.56. The van der Waals surface area contributed by atoms with Crippen molar-refractivity contribution < 1.29 is 9.47 Å². The molecular weight excluding hydrogens is 230 g/mol. The molecule has 0 N–H and O–H groups in total. The van der Waals surface area contributed by atoms with Gasteiger partial charge in [-0.25, -0.2) is 9.97 Å². The van der Waals surface area contributed by atoms with Crippen molar-refractivity contribution in [1.29, 1.82) is 0 Å². The van der Waals surface area contributed by atoms with Gasteiger partial charge in [0.05, 0.1) is 13.3 Å². The quantitative estimate of drug-likeness (QED) is 0.831. The van der Waals surface area contributed by atoms with E-state index in [4.69, 9.17) is 9.47 Å². The minimum absolute atomic E-state index is 0.550. The zero-order valence-corrected chi connectivity index (χ0v) is 10.9. The fourth-order valence-corrected chi connectivity index (χ4v) is 1.50. The second-order valence-corrected chi connectivity index (χ2v) is 3.92. The Kier molecular flexibility index (Phi) is 3.41. The average molecular weight is 245 g/mol. The molecule has 0 aliphatic carbocycles. The minimum Gasteiger partial charge on any atom is -0.481 e. The summed E-state index contributed by atoms with van der Waals surface area (Å²) >= 11 is 0. The van der Waals surface area contributed by atoms with E-state index >= 15 is 0 Å². The van der Waals surface area contributed by atoms with Gasteiger partial charge < -0.3 is 9.47 Å². The molecule has 0 fully saturated rings. The maximum absolute atomic E-state index is 5.70. The molecule has 0 amide bonds. The molecule has 5 nitrogen and oxygen atoms in total. The first-order valence-electron chi connectivity index (χ1n) is 5.60. The lowest BCUT2D eigenvalue weighted by molar-refractivity contribution is 0.393. The van der Waals surface area contributed by atoms with Gasteiger partial charge in [0.2, 0.25) is 11.8 Å². The summed E-state index contributed by atoms with van der Waals surface area (Å²) in [6.45, 7) is 5.70. The van der Waals surface area contributed by atoms with E-state index < -0.39 is 0 Å². The van der Waals surface area contributed by atoms with Crippen molar-refractivity contribution in [3.05, 3.63) is 35.4 Å². The molecule has 5 heteroatoms. The summed E-state index contributed by atoms with van der Waals surface area (Å²) in [6, 6.07) is 3.53. The molecule has 0 aromatic carbocycles. The number of rotatable bonds is 3. The average Bonchev–Trinajstić information content (AvgIpc) is 2.36. The first kappa shape index (κ1) is 12.3. The molecular formula is C13H15N3O2. The van der Waals surface area contributed by atoms with Gasteiger partial charge in [-0.05, 0) is 26.8 Å². The molecule has 0 radical (unpaired) electrons. The fraction of sp³-hybridized carbons (Fsp3) is 0.308. The summed E-state index contributed by atoms with van der Waals surface area (Å²) in [5.41, 5.74) is 1.84. The number of methoxy groups -OCH3 is 1. The van der Waals surface area contributed by atoms with Crippen LogP contribution in [0.3, 0.4) is 0 Å². The highest BCUT2D eigenvalue weighted by Gasteiger charge is 2.08. The number of nitrogens with zero attached hydrogens (tertiary/aromatic N) is 3. The van der Waals surface area contributed by atoms with Crippen LogP contribution in [0.4, 0.5) is 0 Å². The largest absolute Gasteiger partial charge is 0.481 e. The Morgan fingerprint density at radius 1 is 1.06 bits per heavy atom. The monoisotopic (exact) mass is 245 g/mol. The Morgan fingerprint density at radius 2 is 1.83 bits per heavy atom. The Labute approximate surface area is 106 Å². The first-order valence-corrected chi connectivity index (χ1v) is 5.60. The van der Waals surface area contributed by atoms with E-state index in [1.807, 2.05) is 20.8 Å². The van der Waals surface area contributed by atoms with Gasteiger partial charge in [0.25, 0.3) is 0 Å². The Balaban J connectivity index is 2.27. The smallest absolute Gasteiger partial charge is 0.225 e. The van der Waals surface area contributed by atoms with Crippen LogP contribution in [0.15, 0.2) is 18.3 Å². The summed E-state index contributed by atoms with van der Waals surface area (Å²) in [7, 11) is 1.57. The van der Waals surface area contributed by atoms with E-state index in [2.05, 4.69) is 15.0 Å². The lowest BCUT2D eigenvalue weighted by atomic mass is 10.2. The summed E-state index contributed by atoms with van der Waals surface area (Å²) in [5.74, 6) is 2.42. The summed E-state index contributed by atoms with van der Waals surface area (Å²) in [5, 5.41) is 0. The van der Waals surface area contributed by atoms with Gasteiger partial charge in [0.1, 0.15) is 11.6 Å². The summed E-state index contributed by atoms with van der Waals surface area (Å²) < 4.78 is 10.7. The topological polar surface area (TPSA) is 57.1 Å². The number of hydrogen-bond donors (Lipinski definition) is 0. The molecule has 2 aromatic rings. The minimum atomic E-state index is 0.550. The number of aryl methyl sites for hydroxylation is 2. The molecule has 2 heterocycles. The summed E-state index contributed by atoms with van der Waals surface area (Å²) in [6.07, 6.45) is 1.60. The van der Waals surface area contributed by atoms with E-state index in [0.29, 0.717) is 23.3 Å². The molecule has 0 saturated carbocycles. The SMILES string of the molecule is COc1ccc(Oc2nc(C)nc(C)c2C)cn1. The highest BCUT2D eigenvalue weighted by molar-refractivity contribution is 5.33. The third-order valence-corrected chi connectivity index (χ3v) is 2.59. The molecule has 0 spiro atoms. The van der Waals surface area contributed by atoms with Crippen LogP contribution in [0.25, 0.3) is 0 Å². The lowest BCUT2D eigenvalue weighted by Gasteiger charge is -2.09. The molecule has 94 valence electrons. The van der Waals surface area contributed by atoms with Gasteiger partial charge in [-0.1, -0.05) is 0 Å². The number of aromatic nitrogens is 3. The van der Waals surface area contributed by atoms with Crippen LogP contribution >= 0.6 is 0 Å². The van der Waals surface area contributed by atoms with Gasteiger partial charge in [0.15, 0.2) is 0 Å². The number of hydrogen-bond acceptors (Lipinski definition) is 5. The fourth-order valence-electron chi connectivity index (χ4n) is 1.50. The number of pyridine rings is 1. The van der Waals surface area contributed by atoms with Crippen LogP contribution in [0.2, 0.25) is 0 Å². The van der Waals surface area contributed by atoms with Gasteiger partial charge in [-0.15, -0.1) is 0 Å². The van der Waals surface area contributed by atoms with E-state index in [9.17, 15) is 0 Å². The second kappa shape index (κ2) is 5.00. The van der Waals surface area contributed by atoms with Crippen molar-refractivity contribution in [2.24, 2.45) is 0 Å². The molecule has 18 heavy (non-hydrogen) atoms. The molecule has 2 rings (SSSR count). The van der Waals surface area contributed by atoms with E-state index in [0.717, 1.165) is 11.3 Å². The lowest BCUT2D eigenvalue weighted by Crippen LogP contribution is -2.00. The molecule has 0 aliphatic rings. The van der Waals surface area contributed by atoms with E-state index in [-0.39, 0.29) is 0 Å². The van der Waals surface area contributed by atoms with Gasteiger partial charge in [-0.3, -0.25) is 0 Å². The van der Waals surface area contributed by atoms with Gasteiger partial charge in [0, 0.05) is 17.3 Å². The number of ether oxygens (including phenoxy) is 2. The van der Waals surface area contributed by atoms with E-state index in [1.165, 1.54) is 0 Å². The second-order valence-electron chi connectivity index (χ2n) is 3.92. The van der Waals surface area contributed by atoms with Crippen LogP contribution in [0, 0.1) is 20.8 Å². The van der Waals surface area contributed by atoms with Crippen molar-refractivity contribution in [1.82, 2.24) is 15.0 Å². The van der Waals surface area contributed by atoms with Crippen molar-refractivity contribution in [2.45, 2.75) is 20.8 Å². The van der Waals surface area contributed by atoms with Crippen molar-refractivity contribution >= 4 is 0 Å². The maximum atomic E-state index is 5.70. The first-order chi connectivity index (χ1) is 8.60. The molecule has 0 saturated heterocycles. The van der Waals surface area contributed by atoms with E-state index in [1.54, 1.807) is 25.4 Å². The van der Waals surface area contributed by atoms with Crippen LogP contribution in [0.5, 0.6) is 17.5 Å². The van der Waals surface area contributed by atoms with Crippen molar-refractivity contribution in [3.8, 4) is 17.5 Å². The normalized spacial score (nSPS) is 10.2. The zero-order valence-electron chi connectivity index (χ0n) is 10.9. The van der Waals surface area contributed by atoms with Crippen LogP contribution in [0.1, 0.15) is 17.1 Å².